The third-order valence-corrected chi connectivity index (χ3v) is 5.37. The number of fused-ring (bicyclic) bond motifs is 1. The van der Waals surface area contributed by atoms with E-state index in [0.29, 0.717) is 23.7 Å². The highest BCUT2D eigenvalue weighted by Crippen LogP contribution is 2.39. The number of hydrogen-bond donors (Lipinski definition) is 1. The summed E-state index contributed by atoms with van der Waals surface area (Å²) in [4.78, 5) is 21.9. The Balaban J connectivity index is 1.68. The summed E-state index contributed by atoms with van der Waals surface area (Å²) in [5.74, 6) is 0.639. The van der Waals surface area contributed by atoms with E-state index >= 15 is 0 Å². The molecule has 2 aromatic heterocycles. The van der Waals surface area contributed by atoms with Crippen molar-refractivity contribution in [2.45, 2.75) is 6.80 Å². The maximum absolute atomic E-state index is 13.5. The molecule has 182 valence electrons. The van der Waals surface area contributed by atoms with Crippen LogP contribution in [0.5, 0.6) is 11.5 Å². The summed E-state index contributed by atoms with van der Waals surface area (Å²) in [6, 6.07) is 12.0. The lowest BCUT2D eigenvalue weighted by atomic mass is 10.1. The van der Waals surface area contributed by atoms with Crippen molar-refractivity contribution in [1.82, 2.24) is 19.4 Å². The molecule has 0 bridgehead atoms. The fourth-order valence-electron chi connectivity index (χ4n) is 3.65. The quantitative estimate of drug-likeness (QED) is 0.259. The zero-order chi connectivity index (χ0) is 24.9. The van der Waals surface area contributed by atoms with Gasteiger partial charge in [-0.2, -0.15) is 0 Å². The number of para-hydroxylation sites is 1. The lowest BCUT2D eigenvalue weighted by Crippen LogP contribution is -2.19. The number of nitro benzene ring substituents is 1. The van der Waals surface area contributed by atoms with E-state index in [0.717, 1.165) is 16.5 Å². The predicted molar refractivity (Wildman–Crippen MR) is 131 cm³/mol. The van der Waals surface area contributed by atoms with Crippen LogP contribution in [0.25, 0.3) is 22.2 Å². The zero-order valence-electron chi connectivity index (χ0n) is 19.6. The number of likely N-dealkylation sites (N-methyl/N-ethyl adjacent to an activating group) is 1. The largest absolute Gasteiger partial charge is 0.494 e. The molecule has 0 amide bonds. The van der Waals surface area contributed by atoms with E-state index in [4.69, 9.17) is 9.47 Å². The van der Waals surface area contributed by atoms with Crippen molar-refractivity contribution < 1.29 is 18.8 Å². The van der Waals surface area contributed by atoms with Gasteiger partial charge in [-0.3, -0.25) is 10.1 Å². The van der Waals surface area contributed by atoms with Crippen molar-refractivity contribution >= 4 is 28.2 Å². The molecule has 0 atom stereocenters. The molecule has 0 radical (unpaired) electrons. The monoisotopic (exact) mass is 480 g/mol. The highest BCUT2D eigenvalue weighted by Gasteiger charge is 2.21. The van der Waals surface area contributed by atoms with Gasteiger partial charge in [0.1, 0.15) is 12.4 Å². The number of halogens is 1. The van der Waals surface area contributed by atoms with E-state index in [2.05, 4.69) is 15.3 Å². The van der Waals surface area contributed by atoms with Crippen LogP contribution in [0, 0.1) is 10.1 Å². The Hall–Kier alpha value is -4.25. The van der Waals surface area contributed by atoms with Crippen LogP contribution >= 0.6 is 0 Å². The highest BCUT2D eigenvalue weighted by atomic mass is 19.1. The Morgan fingerprint density at radius 1 is 1.20 bits per heavy atom. The summed E-state index contributed by atoms with van der Waals surface area (Å²) < 4.78 is 26.1. The number of rotatable bonds is 10. The molecule has 0 spiro atoms. The van der Waals surface area contributed by atoms with E-state index < -0.39 is 11.7 Å². The van der Waals surface area contributed by atoms with Crippen LogP contribution in [0.4, 0.5) is 21.7 Å². The molecule has 0 unspecified atom stereocenters. The molecule has 4 rings (SSSR count). The summed E-state index contributed by atoms with van der Waals surface area (Å²) in [5, 5.41) is 15.6. The van der Waals surface area contributed by atoms with E-state index in [-0.39, 0.29) is 24.0 Å². The fourth-order valence-corrected chi connectivity index (χ4v) is 3.65. The molecule has 1 N–H and O–H groups in total. The molecular formula is C24H25FN6O4. The van der Waals surface area contributed by atoms with Gasteiger partial charge < -0.3 is 24.3 Å². The van der Waals surface area contributed by atoms with Gasteiger partial charge in [-0.25, -0.2) is 14.4 Å². The molecule has 0 aliphatic heterocycles. The smallest absolute Gasteiger partial charge is 0.313 e. The SMILES string of the molecule is COc1cc(OCCN(C)C)c([N+](=O)[O-])cc1Nc1nccc(-c2cn(CF)c3ccccc23)n1. The number of hydrogen-bond acceptors (Lipinski definition) is 8. The normalized spacial score (nSPS) is 11.1. The number of aromatic nitrogens is 3. The van der Waals surface area contributed by atoms with Crippen LogP contribution in [-0.2, 0) is 6.80 Å². The minimum Gasteiger partial charge on any atom is -0.494 e. The number of methoxy groups -OCH3 is 1. The Bertz CT molecular complexity index is 1360. The standard InChI is InChI=1S/C24H25FN6O4/c1-29(2)10-11-35-23-13-22(34-3)19(12-21(23)31(32)33)28-24-26-9-8-18(27-24)17-14-30(15-25)20-7-5-4-6-16(17)20/h4-9,12-14H,10-11,15H2,1-3H3,(H,26,27,28). The molecule has 35 heavy (non-hydrogen) atoms. The lowest BCUT2D eigenvalue weighted by Gasteiger charge is -2.15. The van der Waals surface area contributed by atoms with Gasteiger partial charge in [0.2, 0.25) is 11.7 Å². The third kappa shape index (κ3) is 5.14. The Labute approximate surface area is 201 Å². The molecule has 4 aromatic rings. The Kier molecular flexibility index (Phi) is 7.06. The summed E-state index contributed by atoms with van der Waals surface area (Å²) in [6.07, 6.45) is 3.26. The van der Waals surface area contributed by atoms with Crippen molar-refractivity contribution in [3.8, 4) is 22.8 Å². The number of nitrogens with one attached hydrogen (secondary N) is 1. The average Bonchev–Trinajstić information content (AvgIpc) is 3.23. The second-order valence-corrected chi connectivity index (χ2v) is 7.97. The summed E-state index contributed by atoms with van der Waals surface area (Å²) in [6.45, 7) is 0.209. The summed E-state index contributed by atoms with van der Waals surface area (Å²) >= 11 is 0. The molecule has 10 nitrogen and oxygen atoms in total. The van der Waals surface area contributed by atoms with Crippen LogP contribution < -0.4 is 14.8 Å². The molecular weight excluding hydrogens is 455 g/mol. The van der Waals surface area contributed by atoms with Gasteiger partial charge in [-0.05, 0) is 26.2 Å². The lowest BCUT2D eigenvalue weighted by molar-refractivity contribution is -0.385. The molecule has 0 saturated heterocycles. The first kappa shape index (κ1) is 23.9. The first-order valence-electron chi connectivity index (χ1n) is 10.8. The molecule has 0 aliphatic carbocycles. The van der Waals surface area contributed by atoms with E-state index in [9.17, 15) is 14.5 Å². The van der Waals surface area contributed by atoms with E-state index in [1.54, 1.807) is 18.5 Å². The van der Waals surface area contributed by atoms with Gasteiger partial charge in [-0.15, -0.1) is 0 Å². The van der Waals surface area contributed by atoms with E-state index in [1.807, 2.05) is 43.3 Å². The van der Waals surface area contributed by atoms with Gasteiger partial charge in [0.25, 0.3) is 0 Å². The third-order valence-electron chi connectivity index (χ3n) is 5.37. The fraction of sp³-hybridized carbons (Fsp3) is 0.250. The highest BCUT2D eigenvalue weighted by molar-refractivity contribution is 5.95. The molecule has 11 heteroatoms. The van der Waals surface area contributed by atoms with Gasteiger partial charge in [-0.1, -0.05) is 18.2 Å². The first-order chi connectivity index (χ1) is 16.9. The first-order valence-corrected chi connectivity index (χ1v) is 10.8. The molecule has 2 heterocycles. The summed E-state index contributed by atoms with van der Waals surface area (Å²) in [5.41, 5.74) is 2.16. The second kappa shape index (κ2) is 10.3. The topological polar surface area (TPSA) is 108 Å². The average molecular weight is 481 g/mol. The van der Waals surface area contributed by atoms with Crippen molar-refractivity contribution in [3.63, 3.8) is 0 Å². The number of alkyl halides is 1. The number of anilines is 2. The van der Waals surface area contributed by atoms with E-state index in [1.165, 1.54) is 23.8 Å². The Morgan fingerprint density at radius 3 is 2.71 bits per heavy atom. The number of nitro groups is 1. The van der Waals surface area contributed by atoms with Crippen LogP contribution in [0.15, 0.2) is 54.9 Å². The predicted octanol–water partition coefficient (Wildman–Crippen LogP) is 4.63. The van der Waals surface area contributed by atoms with Crippen LogP contribution in [0.2, 0.25) is 0 Å². The van der Waals surface area contributed by atoms with Crippen molar-refractivity contribution in [2.75, 3.05) is 39.7 Å². The number of ether oxygens (including phenoxy) is 2. The maximum atomic E-state index is 13.5. The minimum atomic E-state index is -0.666. The van der Waals surface area contributed by atoms with Crippen molar-refractivity contribution in [1.29, 1.82) is 0 Å². The minimum absolute atomic E-state index is 0.105. The molecule has 0 saturated carbocycles. The summed E-state index contributed by atoms with van der Waals surface area (Å²) in [7, 11) is 5.22. The van der Waals surface area contributed by atoms with Crippen LogP contribution in [0.3, 0.4) is 0 Å². The second-order valence-electron chi connectivity index (χ2n) is 7.97. The Morgan fingerprint density at radius 2 is 2.00 bits per heavy atom. The van der Waals surface area contributed by atoms with Gasteiger partial charge >= 0.3 is 5.69 Å². The van der Waals surface area contributed by atoms with Gasteiger partial charge in [0.15, 0.2) is 6.80 Å². The van der Waals surface area contributed by atoms with Crippen molar-refractivity contribution in [2.24, 2.45) is 0 Å². The molecule has 0 aliphatic rings. The maximum Gasteiger partial charge on any atom is 0.313 e. The molecule has 2 aromatic carbocycles. The zero-order valence-corrected chi connectivity index (χ0v) is 19.6. The van der Waals surface area contributed by atoms with Gasteiger partial charge in [0.05, 0.1) is 28.9 Å². The van der Waals surface area contributed by atoms with Crippen LogP contribution in [-0.4, -0.2) is 58.7 Å². The number of nitrogens with zero attached hydrogens (tertiary/aromatic N) is 5. The molecule has 0 fully saturated rings. The van der Waals surface area contributed by atoms with Crippen molar-refractivity contribution in [3.05, 3.63) is 65.0 Å². The van der Waals surface area contributed by atoms with Crippen LogP contribution in [0.1, 0.15) is 0 Å². The number of benzene rings is 2. The van der Waals surface area contributed by atoms with Gasteiger partial charge in [0, 0.05) is 42.0 Å².